The van der Waals surface area contributed by atoms with Crippen molar-refractivity contribution in [3.05, 3.63) is 77.6 Å². The van der Waals surface area contributed by atoms with Gasteiger partial charge in [0.2, 0.25) is 0 Å². The fourth-order valence-corrected chi connectivity index (χ4v) is 6.27. The van der Waals surface area contributed by atoms with Gasteiger partial charge >= 0.3 is 5.97 Å². The van der Waals surface area contributed by atoms with E-state index in [4.69, 9.17) is 19.6 Å². The Morgan fingerprint density at radius 2 is 1.80 bits per heavy atom. The van der Waals surface area contributed by atoms with Crippen LogP contribution in [0.2, 0.25) is 0 Å². The van der Waals surface area contributed by atoms with Crippen LogP contribution in [0.1, 0.15) is 29.5 Å². The van der Waals surface area contributed by atoms with Crippen LogP contribution in [-0.2, 0) is 16.1 Å². The fraction of sp³-hybridized carbons (Fsp3) is 0.400. The first-order chi connectivity index (χ1) is 21.4. The summed E-state index contributed by atoms with van der Waals surface area (Å²) < 4.78 is 11.7. The van der Waals surface area contributed by atoms with E-state index in [0.29, 0.717) is 12.4 Å². The van der Waals surface area contributed by atoms with Crippen LogP contribution < -0.4 is 10.1 Å². The number of fused-ring (bicyclic) bond motifs is 1. The van der Waals surface area contributed by atoms with Gasteiger partial charge in [-0.3, -0.25) is 19.6 Å². The number of carboxylic acid groups (broad SMARTS) is 1. The van der Waals surface area contributed by atoms with E-state index in [1.54, 1.807) is 0 Å². The molecule has 230 valence electrons. The molecule has 4 aromatic rings. The van der Waals surface area contributed by atoms with E-state index in [0.717, 1.165) is 109 Å². The Labute approximate surface area is 258 Å². The molecule has 9 nitrogen and oxygen atoms in total. The van der Waals surface area contributed by atoms with Gasteiger partial charge in [0.15, 0.2) is 5.82 Å². The van der Waals surface area contributed by atoms with Crippen molar-refractivity contribution >= 4 is 28.4 Å². The predicted molar refractivity (Wildman–Crippen MR) is 173 cm³/mol. The van der Waals surface area contributed by atoms with Crippen LogP contribution in [0.4, 0.5) is 11.5 Å². The summed E-state index contributed by atoms with van der Waals surface area (Å²) in [5.74, 6) is 1.16. The summed E-state index contributed by atoms with van der Waals surface area (Å²) in [7, 11) is 0. The first-order valence-corrected chi connectivity index (χ1v) is 15.5. The van der Waals surface area contributed by atoms with Gasteiger partial charge in [-0.25, -0.2) is 4.98 Å². The molecule has 44 heavy (non-hydrogen) atoms. The van der Waals surface area contributed by atoms with Gasteiger partial charge in [-0.1, -0.05) is 24.3 Å². The summed E-state index contributed by atoms with van der Waals surface area (Å²) in [6, 6.07) is 16.7. The van der Waals surface area contributed by atoms with Crippen LogP contribution in [0.25, 0.3) is 22.0 Å². The van der Waals surface area contributed by atoms with Gasteiger partial charge in [0, 0.05) is 62.7 Å². The van der Waals surface area contributed by atoms with Crippen molar-refractivity contribution in [2.45, 2.75) is 33.2 Å². The zero-order valence-corrected chi connectivity index (χ0v) is 25.6. The molecule has 2 fully saturated rings. The number of likely N-dealkylation sites (tertiary alicyclic amines) is 1. The molecule has 0 radical (unpaired) electrons. The molecule has 0 bridgehead atoms. The molecular formula is C35H41N5O4. The third kappa shape index (κ3) is 7.01. The van der Waals surface area contributed by atoms with Crippen LogP contribution in [0.3, 0.4) is 0 Å². The highest BCUT2D eigenvalue weighted by Gasteiger charge is 2.28. The summed E-state index contributed by atoms with van der Waals surface area (Å²) in [6.45, 7) is 12.0. The molecule has 9 heteroatoms. The number of anilines is 2. The van der Waals surface area contributed by atoms with Crippen molar-refractivity contribution in [3.8, 4) is 16.9 Å². The van der Waals surface area contributed by atoms with Gasteiger partial charge in [0.05, 0.1) is 26.2 Å². The maximum absolute atomic E-state index is 11.0. The molecule has 2 aliphatic rings. The summed E-state index contributed by atoms with van der Waals surface area (Å²) in [6.07, 6.45) is 4.94. The number of hydrogen-bond acceptors (Lipinski definition) is 8. The van der Waals surface area contributed by atoms with Crippen molar-refractivity contribution < 1.29 is 19.4 Å². The lowest BCUT2D eigenvalue weighted by Crippen LogP contribution is -2.46. The monoisotopic (exact) mass is 595 g/mol. The molecule has 0 unspecified atom stereocenters. The molecular weight excluding hydrogens is 554 g/mol. The van der Waals surface area contributed by atoms with E-state index in [9.17, 15) is 4.79 Å². The topological polar surface area (TPSA) is 100 Å². The van der Waals surface area contributed by atoms with Crippen molar-refractivity contribution in [3.63, 3.8) is 0 Å². The number of carbonyl (C=O) groups is 1. The lowest BCUT2D eigenvalue weighted by atomic mass is 9.95. The minimum atomic E-state index is -0.723. The summed E-state index contributed by atoms with van der Waals surface area (Å²) >= 11 is 0. The fourth-order valence-electron chi connectivity index (χ4n) is 6.27. The van der Waals surface area contributed by atoms with Crippen molar-refractivity contribution in [2.75, 3.05) is 57.9 Å². The molecule has 0 atom stereocenters. The molecule has 0 aliphatic carbocycles. The van der Waals surface area contributed by atoms with Crippen LogP contribution in [0, 0.1) is 19.8 Å². The molecule has 2 N–H and O–H groups in total. The lowest BCUT2D eigenvalue weighted by molar-refractivity contribution is -0.139. The molecule has 2 aromatic carbocycles. The van der Waals surface area contributed by atoms with E-state index < -0.39 is 5.97 Å². The standard InChI is InChI=1S/C35H41N5O4/c1-24-29(30-7-4-9-32(25(30)2)44-15-5-12-39-13-16-43-17-14-39)6-3-8-31(24)38-35-34-28(10-11-36-35)18-26(20-37-34)21-40-22-27(23-40)19-33(41)42/h3-4,6-11,18,20,27H,5,12-17,19,21-23H2,1-2H3,(H,36,38)(H,41,42). The number of nitrogens with one attached hydrogen (secondary N) is 1. The van der Waals surface area contributed by atoms with Gasteiger partial charge in [-0.2, -0.15) is 0 Å². The Balaban J connectivity index is 1.13. The van der Waals surface area contributed by atoms with E-state index >= 15 is 0 Å². The quantitative estimate of drug-likeness (QED) is 0.201. The second-order valence-electron chi connectivity index (χ2n) is 11.9. The maximum Gasteiger partial charge on any atom is 0.303 e. The normalized spacial score (nSPS) is 16.1. The SMILES string of the molecule is Cc1c(Nc2nccc3cc(CN4CC(CC(=O)O)C4)cnc23)cccc1-c1cccc(OCCCN2CCOCC2)c1C. The zero-order valence-electron chi connectivity index (χ0n) is 25.6. The highest BCUT2D eigenvalue weighted by molar-refractivity contribution is 5.91. The summed E-state index contributed by atoms with van der Waals surface area (Å²) in [4.78, 5) is 25.1. The highest BCUT2D eigenvalue weighted by Crippen LogP contribution is 2.36. The second kappa shape index (κ2) is 13.7. The maximum atomic E-state index is 11.0. The Bertz CT molecular complexity index is 1610. The van der Waals surface area contributed by atoms with Crippen LogP contribution in [0.15, 0.2) is 60.9 Å². The molecule has 0 spiro atoms. The number of hydrogen-bond donors (Lipinski definition) is 2. The Morgan fingerprint density at radius 3 is 2.59 bits per heavy atom. The highest BCUT2D eigenvalue weighted by atomic mass is 16.5. The minimum Gasteiger partial charge on any atom is -0.493 e. The number of aliphatic carboxylic acids is 1. The van der Waals surface area contributed by atoms with Gasteiger partial charge in [0.1, 0.15) is 11.3 Å². The number of carboxylic acids is 1. The smallest absolute Gasteiger partial charge is 0.303 e. The first kappa shape index (κ1) is 30.0. The molecule has 2 saturated heterocycles. The van der Waals surface area contributed by atoms with Crippen molar-refractivity contribution in [1.29, 1.82) is 0 Å². The molecule has 4 heterocycles. The van der Waals surface area contributed by atoms with Crippen molar-refractivity contribution in [2.24, 2.45) is 5.92 Å². The van der Waals surface area contributed by atoms with Gasteiger partial charge in [-0.05, 0) is 78.3 Å². The molecule has 2 aromatic heterocycles. The number of ether oxygens (including phenoxy) is 2. The number of benzene rings is 2. The number of nitrogens with zero attached hydrogens (tertiary/aromatic N) is 4. The second-order valence-corrected chi connectivity index (χ2v) is 11.9. The zero-order chi connectivity index (χ0) is 30.5. The Hall–Kier alpha value is -4.05. The molecule has 6 rings (SSSR count). The average Bonchev–Trinajstić information content (AvgIpc) is 3.00. The molecule has 2 aliphatic heterocycles. The first-order valence-electron chi connectivity index (χ1n) is 15.5. The third-order valence-electron chi connectivity index (χ3n) is 8.70. The number of pyridine rings is 2. The third-order valence-corrected chi connectivity index (χ3v) is 8.70. The van der Waals surface area contributed by atoms with Gasteiger partial charge < -0.3 is 19.9 Å². The molecule has 0 amide bonds. The van der Waals surface area contributed by atoms with E-state index in [2.05, 4.69) is 76.4 Å². The van der Waals surface area contributed by atoms with Crippen LogP contribution in [-0.4, -0.2) is 83.4 Å². The summed E-state index contributed by atoms with van der Waals surface area (Å²) in [5, 5.41) is 13.6. The lowest BCUT2D eigenvalue weighted by Gasteiger charge is -2.38. The van der Waals surface area contributed by atoms with E-state index in [-0.39, 0.29) is 12.3 Å². The Morgan fingerprint density at radius 1 is 1.02 bits per heavy atom. The average molecular weight is 596 g/mol. The predicted octanol–water partition coefficient (Wildman–Crippen LogP) is 5.66. The van der Waals surface area contributed by atoms with E-state index in [1.807, 2.05) is 18.5 Å². The minimum absolute atomic E-state index is 0.238. The number of rotatable bonds is 12. The van der Waals surface area contributed by atoms with Gasteiger partial charge in [0.25, 0.3) is 0 Å². The molecule has 0 saturated carbocycles. The van der Waals surface area contributed by atoms with E-state index in [1.165, 1.54) is 0 Å². The number of morpholine rings is 1. The van der Waals surface area contributed by atoms with Crippen LogP contribution in [0.5, 0.6) is 5.75 Å². The van der Waals surface area contributed by atoms with Gasteiger partial charge in [-0.15, -0.1) is 0 Å². The Kier molecular flexibility index (Phi) is 9.35. The van der Waals surface area contributed by atoms with Crippen LogP contribution >= 0.6 is 0 Å². The number of aromatic nitrogens is 2. The summed E-state index contributed by atoms with van der Waals surface area (Å²) in [5.41, 5.74) is 7.48. The largest absolute Gasteiger partial charge is 0.493 e. The van der Waals surface area contributed by atoms with Crippen molar-refractivity contribution in [1.82, 2.24) is 19.8 Å².